The number of anilines is 1. The van der Waals surface area contributed by atoms with Crippen LogP contribution < -0.4 is 5.32 Å². The lowest BCUT2D eigenvalue weighted by molar-refractivity contribution is -0.113. The van der Waals surface area contributed by atoms with Crippen molar-refractivity contribution < 1.29 is 13.6 Å². The molecule has 0 aliphatic heterocycles. The van der Waals surface area contributed by atoms with Crippen molar-refractivity contribution >= 4 is 35.1 Å². The molecule has 0 unspecified atom stereocenters. The van der Waals surface area contributed by atoms with E-state index in [1.54, 1.807) is 11.8 Å². The second-order valence-corrected chi connectivity index (χ2v) is 6.35. The van der Waals surface area contributed by atoms with Gasteiger partial charge < -0.3 is 5.32 Å². The largest absolute Gasteiger partial charge is 0.325 e. The van der Waals surface area contributed by atoms with Crippen LogP contribution in [0.2, 0.25) is 0 Å². The summed E-state index contributed by atoms with van der Waals surface area (Å²) in [6, 6.07) is 11.6. The molecule has 0 bridgehead atoms. The highest BCUT2D eigenvalue weighted by molar-refractivity contribution is 7.99. The summed E-state index contributed by atoms with van der Waals surface area (Å²) >= 11 is 2.84. The Hall–Kier alpha value is -1.53. The molecule has 0 saturated carbocycles. The molecule has 0 spiro atoms. The monoisotopic (exact) mass is 339 g/mol. The summed E-state index contributed by atoms with van der Waals surface area (Å²) in [5.74, 6) is -1.44. The van der Waals surface area contributed by atoms with Crippen molar-refractivity contribution in [2.45, 2.75) is 10.6 Å². The van der Waals surface area contributed by atoms with E-state index in [1.807, 2.05) is 30.5 Å². The van der Waals surface area contributed by atoms with Gasteiger partial charge >= 0.3 is 0 Å². The SMILES string of the molecule is CSc1cccc(NC(=O)CSCc2cccc(F)c2F)c1. The fourth-order valence-corrected chi connectivity index (χ4v) is 3.07. The zero-order chi connectivity index (χ0) is 15.9. The number of hydrogen-bond acceptors (Lipinski definition) is 3. The van der Waals surface area contributed by atoms with E-state index in [4.69, 9.17) is 0 Å². The smallest absolute Gasteiger partial charge is 0.234 e. The van der Waals surface area contributed by atoms with Gasteiger partial charge in [-0.1, -0.05) is 18.2 Å². The van der Waals surface area contributed by atoms with Crippen LogP contribution in [0.3, 0.4) is 0 Å². The van der Waals surface area contributed by atoms with Gasteiger partial charge in [0.05, 0.1) is 5.75 Å². The van der Waals surface area contributed by atoms with E-state index >= 15 is 0 Å². The zero-order valence-electron chi connectivity index (χ0n) is 11.9. The minimum absolute atomic E-state index is 0.167. The maximum absolute atomic E-state index is 13.5. The molecular formula is C16H15F2NOS2. The Morgan fingerprint density at radius 1 is 1.18 bits per heavy atom. The van der Waals surface area contributed by atoms with Gasteiger partial charge in [0.25, 0.3) is 0 Å². The fraction of sp³-hybridized carbons (Fsp3) is 0.188. The molecule has 0 aromatic heterocycles. The zero-order valence-corrected chi connectivity index (χ0v) is 13.6. The van der Waals surface area contributed by atoms with Gasteiger partial charge in [-0.25, -0.2) is 8.78 Å². The maximum Gasteiger partial charge on any atom is 0.234 e. The van der Waals surface area contributed by atoms with Crippen molar-refractivity contribution in [1.82, 2.24) is 0 Å². The summed E-state index contributed by atoms with van der Waals surface area (Å²) in [7, 11) is 0. The molecule has 0 atom stereocenters. The number of nitrogens with one attached hydrogen (secondary N) is 1. The van der Waals surface area contributed by atoms with Crippen LogP contribution in [0.25, 0.3) is 0 Å². The van der Waals surface area contributed by atoms with Crippen molar-refractivity contribution in [1.29, 1.82) is 0 Å². The lowest BCUT2D eigenvalue weighted by Crippen LogP contribution is -2.14. The first-order chi connectivity index (χ1) is 10.6. The molecule has 1 N–H and O–H groups in total. The number of hydrogen-bond donors (Lipinski definition) is 1. The Bertz CT molecular complexity index is 664. The number of benzene rings is 2. The number of amides is 1. The standard InChI is InChI=1S/C16H15F2NOS2/c1-21-13-6-3-5-12(8-13)19-15(20)10-22-9-11-4-2-7-14(17)16(11)18/h2-8H,9-10H2,1H3,(H,19,20). The van der Waals surface area contributed by atoms with E-state index in [0.29, 0.717) is 0 Å². The fourth-order valence-electron chi connectivity index (χ4n) is 1.81. The van der Waals surface area contributed by atoms with E-state index < -0.39 is 11.6 Å². The Morgan fingerprint density at radius 3 is 2.73 bits per heavy atom. The van der Waals surface area contributed by atoms with Crippen molar-refractivity contribution in [2.24, 2.45) is 0 Å². The van der Waals surface area contributed by atoms with E-state index in [2.05, 4.69) is 5.32 Å². The Labute approximate surface area is 136 Å². The Kier molecular flexibility index (Phi) is 6.27. The van der Waals surface area contributed by atoms with E-state index in [9.17, 15) is 13.6 Å². The van der Waals surface area contributed by atoms with Gasteiger partial charge in [0.1, 0.15) is 0 Å². The maximum atomic E-state index is 13.5. The van der Waals surface area contributed by atoms with Gasteiger partial charge in [-0.15, -0.1) is 23.5 Å². The summed E-state index contributed by atoms with van der Waals surface area (Å²) in [6.45, 7) is 0. The highest BCUT2D eigenvalue weighted by Gasteiger charge is 2.09. The van der Waals surface area contributed by atoms with Gasteiger partial charge in [0, 0.05) is 21.9 Å². The first kappa shape index (κ1) is 16.8. The topological polar surface area (TPSA) is 29.1 Å². The number of rotatable bonds is 6. The van der Waals surface area contributed by atoms with Gasteiger partial charge in [-0.05, 0) is 30.5 Å². The lowest BCUT2D eigenvalue weighted by atomic mass is 10.2. The molecular weight excluding hydrogens is 324 g/mol. The van der Waals surface area contributed by atoms with Crippen LogP contribution >= 0.6 is 23.5 Å². The summed E-state index contributed by atoms with van der Waals surface area (Å²) in [6.07, 6.45) is 1.96. The number of thioether (sulfide) groups is 2. The van der Waals surface area contributed by atoms with Crippen LogP contribution in [0.15, 0.2) is 47.4 Å². The molecule has 2 nitrogen and oxygen atoms in total. The van der Waals surface area contributed by atoms with Crippen molar-refractivity contribution in [3.63, 3.8) is 0 Å². The average molecular weight is 339 g/mol. The third kappa shape index (κ3) is 4.74. The third-order valence-corrected chi connectivity index (χ3v) is 4.58. The second kappa shape index (κ2) is 8.19. The summed E-state index contributed by atoms with van der Waals surface area (Å²) in [5.41, 5.74) is 0.997. The van der Waals surface area contributed by atoms with Gasteiger partial charge in [-0.2, -0.15) is 0 Å². The van der Waals surface area contributed by atoms with Crippen LogP contribution in [-0.2, 0) is 10.5 Å². The number of carbonyl (C=O) groups is 1. The molecule has 2 aromatic rings. The van der Waals surface area contributed by atoms with E-state index in [-0.39, 0.29) is 23.0 Å². The molecule has 0 saturated heterocycles. The Balaban J connectivity index is 1.84. The van der Waals surface area contributed by atoms with Crippen LogP contribution in [0.1, 0.15) is 5.56 Å². The summed E-state index contributed by atoms with van der Waals surface area (Å²) in [5, 5.41) is 2.79. The third-order valence-electron chi connectivity index (χ3n) is 2.88. The minimum Gasteiger partial charge on any atom is -0.325 e. The summed E-state index contributed by atoms with van der Waals surface area (Å²) < 4.78 is 26.5. The summed E-state index contributed by atoms with van der Waals surface area (Å²) in [4.78, 5) is 12.9. The van der Waals surface area contributed by atoms with E-state index in [1.165, 1.54) is 23.9 Å². The first-order valence-corrected chi connectivity index (χ1v) is 8.92. The molecule has 0 aliphatic carbocycles. The highest BCUT2D eigenvalue weighted by atomic mass is 32.2. The molecule has 2 rings (SSSR count). The minimum atomic E-state index is -0.864. The van der Waals surface area contributed by atoms with Crippen LogP contribution in [0, 0.1) is 11.6 Å². The normalized spacial score (nSPS) is 10.5. The van der Waals surface area contributed by atoms with Gasteiger partial charge in [0.15, 0.2) is 11.6 Å². The van der Waals surface area contributed by atoms with Gasteiger partial charge in [-0.3, -0.25) is 4.79 Å². The molecule has 116 valence electrons. The van der Waals surface area contributed by atoms with Gasteiger partial charge in [0.2, 0.25) is 5.91 Å². The highest BCUT2D eigenvalue weighted by Crippen LogP contribution is 2.20. The average Bonchev–Trinajstić information content (AvgIpc) is 2.51. The van der Waals surface area contributed by atoms with Crippen LogP contribution in [-0.4, -0.2) is 17.9 Å². The van der Waals surface area contributed by atoms with Crippen molar-refractivity contribution in [3.8, 4) is 0 Å². The van der Waals surface area contributed by atoms with Crippen LogP contribution in [0.4, 0.5) is 14.5 Å². The molecule has 0 radical (unpaired) electrons. The molecule has 0 heterocycles. The predicted octanol–water partition coefficient (Wildman–Crippen LogP) is 4.56. The molecule has 2 aromatic carbocycles. The van der Waals surface area contributed by atoms with Crippen molar-refractivity contribution in [2.75, 3.05) is 17.3 Å². The second-order valence-electron chi connectivity index (χ2n) is 4.49. The lowest BCUT2D eigenvalue weighted by Gasteiger charge is -2.07. The van der Waals surface area contributed by atoms with Crippen LogP contribution in [0.5, 0.6) is 0 Å². The Morgan fingerprint density at radius 2 is 1.95 bits per heavy atom. The van der Waals surface area contributed by atoms with Crippen molar-refractivity contribution in [3.05, 3.63) is 59.7 Å². The first-order valence-electron chi connectivity index (χ1n) is 6.54. The quantitative estimate of drug-likeness (QED) is 0.782. The molecule has 0 fully saturated rings. The predicted molar refractivity (Wildman–Crippen MR) is 89.4 cm³/mol. The molecule has 1 amide bonds. The van der Waals surface area contributed by atoms with E-state index in [0.717, 1.165) is 16.6 Å². The molecule has 22 heavy (non-hydrogen) atoms. The molecule has 0 aliphatic rings. The number of halogens is 2. The molecule has 6 heteroatoms. The number of carbonyl (C=O) groups excluding carboxylic acids is 1.